The molecule has 2 aliphatic rings. The lowest BCUT2D eigenvalue weighted by Crippen LogP contribution is -2.54. The third-order valence-corrected chi connectivity index (χ3v) is 5.82. The maximum atomic E-state index is 12.5. The molecule has 0 radical (unpaired) electrons. The average molecular weight is 371 g/mol. The highest BCUT2D eigenvalue weighted by Gasteiger charge is 2.42. The van der Waals surface area contributed by atoms with Crippen LogP contribution in [0.2, 0.25) is 0 Å². The monoisotopic (exact) mass is 371 g/mol. The van der Waals surface area contributed by atoms with Crippen LogP contribution in [0.3, 0.4) is 0 Å². The molecule has 0 aliphatic carbocycles. The first-order chi connectivity index (χ1) is 13.0. The molecule has 2 heterocycles. The van der Waals surface area contributed by atoms with Crippen LogP contribution in [0, 0.1) is 5.41 Å². The number of hydrogen-bond donors (Lipinski definition) is 1. The molecule has 1 atom stereocenters. The van der Waals surface area contributed by atoms with Crippen LogP contribution >= 0.6 is 0 Å². The molecule has 1 aromatic carbocycles. The molecule has 3 rings (SSSR count). The van der Waals surface area contributed by atoms with E-state index in [1.807, 2.05) is 40.1 Å². The molecule has 0 bridgehead atoms. The third-order valence-electron chi connectivity index (χ3n) is 5.82. The van der Waals surface area contributed by atoms with Gasteiger partial charge in [0.2, 0.25) is 17.7 Å². The van der Waals surface area contributed by atoms with Crippen LogP contribution in [0.1, 0.15) is 44.1 Å². The fourth-order valence-corrected chi connectivity index (χ4v) is 4.31. The van der Waals surface area contributed by atoms with Crippen molar-refractivity contribution in [2.24, 2.45) is 5.41 Å². The highest BCUT2D eigenvalue weighted by molar-refractivity contribution is 5.83. The average Bonchev–Trinajstić information content (AvgIpc) is 2.69. The Labute approximate surface area is 160 Å². The van der Waals surface area contributed by atoms with E-state index in [1.165, 1.54) is 0 Å². The van der Waals surface area contributed by atoms with Crippen molar-refractivity contribution in [2.45, 2.75) is 45.1 Å². The quantitative estimate of drug-likeness (QED) is 0.860. The van der Waals surface area contributed by atoms with E-state index in [0.717, 1.165) is 31.4 Å². The summed E-state index contributed by atoms with van der Waals surface area (Å²) in [5.41, 5.74) is 1.13. The molecule has 6 heteroatoms. The Morgan fingerprint density at radius 2 is 1.89 bits per heavy atom. The highest BCUT2D eigenvalue weighted by Crippen LogP contribution is 2.39. The first kappa shape index (κ1) is 19.4. The molecule has 6 nitrogen and oxygen atoms in total. The lowest BCUT2D eigenvalue weighted by Gasteiger charge is -2.48. The molecule has 3 amide bonds. The SMILES string of the molecule is CNC(=O)CCC(=O)N1CCCC2(CCC(=O)N(Cc3ccccc3)C2)C1. The molecule has 1 spiro atoms. The number of likely N-dealkylation sites (tertiary alicyclic amines) is 2. The topological polar surface area (TPSA) is 69.7 Å². The summed E-state index contributed by atoms with van der Waals surface area (Å²) in [5, 5.41) is 2.56. The van der Waals surface area contributed by atoms with Crippen LogP contribution in [0.4, 0.5) is 0 Å². The summed E-state index contributed by atoms with van der Waals surface area (Å²) < 4.78 is 0. The summed E-state index contributed by atoms with van der Waals surface area (Å²) in [5.74, 6) is 0.143. The second-order valence-corrected chi connectivity index (χ2v) is 7.83. The van der Waals surface area contributed by atoms with Crippen molar-refractivity contribution in [3.05, 3.63) is 35.9 Å². The van der Waals surface area contributed by atoms with E-state index in [2.05, 4.69) is 5.32 Å². The highest BCUT2D eigenvalue weighted by atomic mass is 16.2. The zero-order valence-corrected chi connectivity index (χ0v) is 16.1. The maximum Gasteiger partial charge on any atom is 0.223 e. The smallest absolute Gasteiger partial charge is 0.223 e. The van der Waals surface area contributed by atoms with Crippen LogP contribution in [-0.4, -0.2) is 54.2 Å². The van der Waals surface area contributed by atoms with Crippen molar-refractivity contribution in [1.29, 1.82) is 0 Å². The molecule has 1 aromatic rings. The second kappa shape index (κ2) is 8.55. The first-order valence-corrected chi connectivity index (χ1v) is 9.81. The number of benzene rings is 1. The van der Waals surface area contributed by atoms with Gasteiger partial charge >= 0.3 is 0 Å². The predicted molar refractivity (Wildman–Crippen MR) is 103 cm³/mol. The summed E-state index contributed by atoms with van der Waals surface area (Å²) in [6.07, 6.45) is 3.88. The number of hydrogen-bond acceptors (Lipinski definition) is 3. The number of rotatable bonds is 5. The standard InChI is InChI=1S/C21H29N3O3/c1-22-18(25)8-9-19(26)23-13-5-11-21(15-23)12-10-20(27)24(16-21)14-17-6-3-2-4-7-17/h2-4,6-7H,5,8-16H2,1H3,(H,22,25). The van der Waals surface area contributed by atoms with Crippen molar-refractivity contribution in [1.82, 2.24) is 15.1 Å². The van der Waals surface area contributed by atoms with Gasteiger partial charge in [0.1, 0.15) is 0 Å². The van der Waals surface area contributed by atoms with Crippen LogP contribution < -0.4 is 5.32 Å². The van der Waals surface area contributed by atoms with Crippen molar-refractivity contribution < 1.29 is 14.4 Å². The van der Waals surface area contributed by atoms with Crippen LogP contribution in [0.25, 0.3) is 0 Å². The second-order valence-electron chi connectivity index (χ2n) is 7.83. The summed E-state index contributed by atoms with van der Waals surface area (Å²) in [7, 11) is 1.59. The fraction of sp³-hybridized carbons (Fsp3) is 0.571. The van der Waals surface area contributed by atoms with Crippen molar-refractivity contribution in [3.8, 4) is 0 Å². The Morgan fingerprint density at radius 3 is 2.63 bits per heavy atom. The van der Waals surface area contributed by atoms with E-state index in [9.17, 15) is 14.4 Å². The summed E-state index contributed by atoms with van der Waals surface area (Å²) >= 11 is 0. The van der Waals surface area contributed by atoms with E-state index < -0.39 is 0 Å². The minimum absolute atomic E-state index is 0.0103. The Kier molecular flexibility index (Phi) is 6.14. The number of carbonyl (C=O) groups is 3. The summed E-state index contributed by atoms with van der Waals surface area (Å²) in [6, 6.07) is 10.1. The molecule has 0 aromatic heterocycles. The minimum Gasteiger partial charge on any atom is -0.359 e. The number of carbonyl (C=O) groups excluding carboxylic acids is 3. The summed E-state index contributed by atoms with van der Waals surface area (Å²) in [4.78, 5) is 40.3. The predicted octanol–water partition coefficient (Wildman–Crippen LogP) is 1.94. The molecule has 2 aliphatic heterocycles. The van der Waals surface area contributed by atoms with E-state index in [-0.39, 0.29) is 36.0 Å². The molecule has 1 N–H and O–H groups in total. The van der Waals surface area contributed by atoms with Crippen molar-refractivity contribution >= 4 is 17.7 Å². The number of nitrogens with one attached hydrogen (secondary N) is 1. The van der Waals surface area contributed by atoms with E-state index >= 15 is 0 Å². The normalized spacial score (nSPS) is 22.8. The molecule has 27 heavy (non-hydrogen) atoms. The van der Waals surface area contributed by atoms with E-state index in [0.29, 0.717) is 26.1 Å². The number of amides is 3. The molecule has 146 valence electrons. The van der Waals surface area contributed by atoms with Gasteiger partial charge in [-0.3, -0.25) is 14.4 Å². The van der Waals surface area contributed by atoms with Crippen molar-refractivity contribution in [2.75, 3.05) is 26.7 Å². The third kappa shape index (κ3) is 4.87. The largest absolute Gasteiger partial charge is 0.359 e. The fourth-order valence-electron chi connectivity index (χ4n) is 4.31. The number of nitrogens with zero attached hydrogens (tertiary/aromatic N) is 2. The molecular formula is C21H29N3O3. The van der Waals surface area contributed by atoms with Gasteiger partial charge in [-0.25, -0.2) is 0 Å². The lowest BCUT2D eigenvalue weighted by atomic mass is 9.73. The zero-order chi connectivity index (χ0) is 19.3. The Hall–Kier alpha value is -2.37. The minimum atomic E-state index is -0.104. The zero-order valence-electron chi connectivity index (χ0n) is 16.1. The van der Waals surface area contributed by atoms with Crippen molar-refractivity contribution in [3.63, 3.8) is 0 Å². The first-order valence-electron chi connectivity index (χ1n) is 9.81. The number of piperidine rings is 2. The van der Waals surface area contributed by atoms with Gasteiger partial charge in [-0.1, -0.05) is 30.3 Å². The van der Waals surface area contributed by atoms with Crippen LogP contribution in [-0.2, 0) is 20.9 Å². The van der Waals surface area contributed by atoms with E-state index in [4.69, 9.17) is 0 Å². The van der Waals surface area contributed by atoms with Gasteiger partial charge in [0.05, 0.1) is 0 Å². The molecule has 2 saturated heterocycles. The van der Waals surface area contributed by atoms with Gasteiger partial charge in [-0.05, 0) is 24.8 Å². The van der Waals surface area contributed by atoms with Gasteiger partial charge in [0.15, 0.2) is 0 Å². The van der Waals surface area contributed by atoms with Gasteiger partial charge < -0.3 is 15.1 Å². The lowest BCUT2D eigenvalue weighted by molar-refractivity contribution is -0.144. The van der Waals surface area contributed by atoms with Crippen LogP contribution in [0.15, 0.2) is 30.3 Å². The molecule has 2 fully saturated rings. The Morgan fingerprint density at radius 1 is 1.11 bits per heavy atom. The Bertz CT molecular complexity index is 691. The van der Waals surface area contributed by atoms with Gasteiger partial charge in [0, 0.05) is 57.9 Å². The Balaban J connectivity index is 1.63. The van der Waals surface area contributed by atoms with Gasteiger partial charge in [0.25, 0.3) is 0 Å². The van der Waals surface area contributed by atoms with Gasteiger partial charge in [-0.15, -0.1) is 0 Å². The van der Waals surface area contributed by atoms with E-state index in [1.54, 1.807) is 7.05 Å². The van der Waals surface area contributed by atoms with Crippen LogP contribution in [0.5, 0.6) is 0 Å². The molecule has 1 unspecified atom stereocenters. The molecular weight excluding hydrogens is 342 g/mol. The maximum absolute atomic E-state index is 12.5. The molecule has 0 saturated carbocycles. The van der Waals surface area contributed by atoms with Gasteiger partial charge in [-0.2, -0.15) is 0 Å². The summed E-state index contributed by atoms with van der Waals surface area (Å²) in [6.45, 7) is 2.78.